The van der Waals surface area contributed by atoms with Gasteiger partial charge in [0.05, 0.1) is 10.4 Å². The first-order valence-electron chi connectivity index (χ1n) is 3.38. The van der Waals surface area contributed by atoms with Crippen molar-refractivity contribution in [2.24, 2.45) is 0 Å². The Morgan fingerprint density at radius 1 is 1.54 bits per heavy atom. The van der Waals surface area contributed by atoms with Crippen molar-refractivity contribution < 1.29 is 4.92 Å². The molecule has 0 saturated carbocycles. The average Bonchev–Trinajstić information content (AvgIpc) is 2.43. The van der Waals surface area contributed by atoms with Crippen LogP contribution in [0.3, 0.4) is 0 Å². The van der Waals surface area contributed by atoms with E-state index < -0.39 is 4.92 Å². The third-order valence-corrected chi connectivity index (χ3v) is 3.11. The minimum atomic E-state index is -0.396. The molecule has 13 heavy (non-hydrogen) atoms. The van der Waals surface area contributed by atoms with Gasteiger partial charge in [-0.05, 0) is 22.0 Å². The number of nitro groups is 1. The van der Waals surface area contributed by atoms with E-state index >= 15 is 0 Å². The van der Waals surface area contributed by atoms with Gasteiger partial charge in [0.25, 0.3) is 5.69 Å². The SMILES string of the molecule is O=[N+]([O-])c1cccc2nc(Br)sc12. The van der Waals surface area contributed by atoms with Crippen LogP contribution in [-0.4, -0.2) is 9.91 Å². The number of rotatable bonds is 1. The van der Waals surface area contributed by atoms with Gasteiger partial charge in [0.15, 0.2) is 3.92 Å². The summed E-state index contributed by atoms with van der Waals surface area (Å²) < 4.78 is 1.27. The number of non-ortho nitro benzene ring substituents is 1. The minimum absolute atomic E-state index is 0.112. The van der Waals surface area contributed by atoms with E-state index in [1.54, 1.807) is 12.1 Å². The van der Waals surface area contributed by atoms with E-state index in [-0.39, 0.29) is 5.69 Å². The molecular weight excluding hydrogens is 256 g/mol. The van der Waals surface area contributed by atoms with Crippen LogP contribution >= 0.6 is 27.3 Å². The molecule has 4 nitrogen and oxygen atoms in total. The Morgan fingerprint density at radius 2 is 2.31 bits per heavy atom. The summed E-state index contributed by atoms with van der Waals surface area (Å²) in [6.07, 6.45) is 0. The van der Waals surface area contributed by atoms with Crippen LogP contribution in [0.2, 0.25) is 0 Å². The average molecular weight is 259 g/mol. The first kappa shape index (κ1) is 8.58. The highest BCUT2D eigenvalue weighted by molar-refractivity contribution is 9.11. The van der Waals surface area contributed by atoms with E-state index in [0.29, 0.717) is 14.1 Å². The Hall–Kier alpha value is -1.01. The smallest absolute Gasteiger partial charge is 0.258 e. The van der Waals surface area contributed by atoms with Gasteiger partial charge in [0.2, 0.25) is 0 Å². The number of benzene rings is 1. The molecular formula is C7H3BrN2O2S. The number of fused-ring (bicyclic) bond motifs is 1. The maximum atomic E-state index is 10.6. The van der Waals surface area contributed by atoms with Gasteiger partial charge in [-0.2, -0.15) is 0 Å². The maximum absolute atomic E-state index is 10.6. The predicted molar refractivity (Wildman–Crippen MR) is 54.0 cm³/mol. The highest BCUT2D eigenvalue weighted by Gasteiger charge is 2.14. The lowest BCUT2D eigenvalue weighted by molar-refractivity contribution is -0.382. The number of halogens is 1. The van der Waals surface area contributed by atoms with Crippen LogP contribution < -0.4 is 0 Å². The van der Waals surface area contributed by atoms with Crippen LogP contribution in [0.15, 0.2) is 22.1 Å². The van der Waals surface area contributed by atoms with Crippen molar-refractivity contribution in [3.63, 3.8) is 0 Å². The van der Waals surface area contributed by atoms with Crippen molar-refractivity contribution in [1.29, 1.82) is 0 Å². The van der Waals surface area contributed by atoms with Gasteiger partial charge in [-0.3, -0.25) is 10.1 Å². The minimum Gasteiger partial charge on any atom is -0.258 e. The molecule has 0 aliphatic rings. The Labute approximate surface area is 85.5 Å². The maximum Gasteiger partial charge on any atom is 0.288 e. The first-order valence-corrected chi connectivity index (χ1v) is 4.99. The Balaban J connectivity index is 2.82. The second-order valence-corrected chi connectivity index (χ2v) is 4.62. The highest BCUT2D eigenvalue weighted by Crippen LogP contribution is 2.32. The fourth-order valence-corrected chi connectivity index (χ4v) is 2.51. The lowest BCUT2D eigenvalue weighted by Crippen LogP contribution is -1.86. The molecule has 0 bridgehead atoms. The fraction of sp³-hybridized carbons (Fsp3) is 0. The number of nitrogens with zero attached hydrogens (tertiary/aromatic N) is 2. The largest absolute Gasteiger partial charge is 0.288 e. The number of nitro benzene ring substituents is 1. The van der Waals surface area contributed by atoms with Crippen LogP contribution in [-0.2, 0) is 0 Å². The predicted octanol–water partition coefficient (Wildman–Crippen LogP) is 2.97. The zero-order chi connectivity index (χ0) is 9.42. The highest BCUT2D eigenvalue weighted by atomic mass is 79.9. The molecule has 6 heteroatoms. The summed E-state index contributed by atoms with van der Waals surface area (Å²) in [7, 11) is 0. The van der Waals surface area contributed by atoms with Gasteiger partial charge in [-0.25, -0.2) is 4.98 Å². The molecule has 0 unspecified atom stereocenters. The summed E-state index contributed by atoms with van der Waals surface area (Å²) in [5.41, 5.74) is 0.770. The van der Waals surface area contributed by atoms with Crippen LogP contribution in [0, 0.1) is 10.1 Å². The van der Waals surface area contributed by atoms with E-state index in [1.165, 1.54) is 17.4 Å². The lowest BCUT2D eigenvalue weighted by atomic mass is 10.3. The summed E-state index contributed by atoms with van der Waals surface area (Å²) in [6, 6.07) is 4.86. The van der Waals surface area contributed by atoms with Crippen molar-refractivity contribution in [2.45, 2.75) is 0 Å². The van der Waals surface area contributed by atoms with Crippen LogP contribution in [0.25, 0.3) is 10.2 Å². The molecule has 0 N–H and O–H groups in total. The number of hydrogen-bond donors (Lipinski definition) is 0. The van der Waals surface area contributed by atoms with Crippen molar-refractivity contribution in [1.82, 2.24) is 4.98 Å². The Morgan fingerprint density at radius 3 is 3.00 bits per heavy atom. The molecule has 2 aromatic rings. The monoisotopic (exact) mass is 258 g/mol. The Bertz CT molecular complexity index is 482. The van der Waals surface area contributed by atoms with Gasteiger partial charge in [-0.1, -0.05) is 17.4 Å². The summed E-state index contributed by atoms with van der Waals surface area (Å²) in [5.74, 6) is 0. The second kappa shape index (κ2) is 3.04. The van der Waals surface area contributed by atoms with E-state index in [2.05, 4.69) is 20.9 Å². The second-order valence-electron chi connectivity index (χ2n) is 2.35. The number of thiazole rings is 1. The molecule has 2 rings (SSSR count). The van der Waals surface area contributed by atoms with Gasteiger partial charge < -0.3 is 0 Å². The first-order chi connectivity index (χ1) is 6.18. The van der Waals surface area contributed by atoms with Crippen LogP contribution in [0.5, 0.6) is 0 Å². The van der Waals surface area contributed by atoms with Gasteiger partial charge in [-0.15, -0.1) is 0 Å². The normalized spacial score (nSPS) is 10.5. The molecule has 0 aliphatic carbocycles. The lowest BCUT2D eigenvalue weighted by Gasteiger charge is -1.89. The Kier molecular flexibility index (Phi) is 2.01. The summed E-state index contributed by atoms with van der Waals surface area (Å²) in [5, 5.41) is 10.6. The van der Waals surface area contributed by atoms with Gasteiger partial charge >= 0.3 is 0 Å². The zero-order valence-corrected chi connectivity index (χ0v) is 8.63. The topological polar surface area (TPSA) is 56.0 Å². The zero-order valence-electron chi connectivity index (χ0n) is 6.23. The molecule has 0 amide bonds. The third-order valence-electron chi connectivity index (χ3n) is 1.56. The summed E-state index contributed by atoms with van der Waals surface area (Å²) in [4.78, 5) is 14.3. The van der Waals surface area contributed by atoms with Crippen molar-refractivity contribution in [3.05, 3.63) is 32.2 Å². The molecule has 0 fully saturated rings. The number of hydrogen-bond acceptors (Lipinski definition) is 4. The van der Waals surface area contributed by atoms with E-state index in [1.807, 2.05) is 0 Å². The van der Waals surface area contributed by atoms with Crippen molar-refractivity contribution in [3.8, 4) is 0 Å². The van der Waals surface area contributed by atoms with Gasteiger partial charge in [0, 0.05) is 6.07 Å². The fourth-order valence-electron chi connectivity index (χ4n) is 1.05. The summed E-state index contributed by atoms with van der Waals surface area (Å²) >= 11 is 4.46. The van der Waals surface area contributed by atoms with E-state index in [0.717, 1.165) is 0 Å². The van der Waals surface area contributed by atoms with Crippen LogP contribution in [0.4, 0.5) is 5.69 Å². The molecule has 1 aromatic carbocycles. The van der Waals surface area contributed by atoms with E-state index in [9.17, 15) is 10.1 Å². The van der Waals surface area contributed by atoms with Crippen LogP contribution in [0.1, 0.15) is 0 Å². The molecule has 0 spiro atoms. The molecule has 0 saturated heterocycles. The summed E-state index contributed by atoms with van der Waals surface area (Å²) in [6.45, 7) is 0. The molecule has 1 aromatic heterocycles. The molecule has 0 radical (unpaired) electrons. The van der Waals surface area contributed by atoms with Gasteiger partial charge in [0.1, 0.15) is 4.70 Å². The number of aromatic nitrogens is 1. The molecule has 1 heterocycles. The van der Waals surface area contributed by atoms with Crippen molar-refractivity contribution in [2.75, 3.05) is 0 Å². The van der Waals surface area contributed by atoms with E-state index in [4.69, 9.17) is 0 Å². The third kappa shape index (κ3) is 1.42. The molecule has 0 aliphatic heterocycles. The standard InChI is InChI=1S/C7H3BrN2O2S/c8-7-9-4-2-1-3-5(10(11)12)6(4)13-7/h1-3H. The molecule has 66 valence electrons. The van der Waals surface area contributed by atoms with Crippen molar-refractivity contribution >= 4 is 43.2 Å². The molecule has 0 atom stereocenters. The quantitative estimate of drug-likeness (QED) is 0.584.